The van der Waals surface area contributed by atoms with Crippen LogP contribution in [0.3, 0.4) is 0 Å². The highest BCUT2D eigenvalue weighted by atomic mass is 32.2. The van der Waals surface area contributed by atoms with Crippen molar-refractivity contribution in [3.8, 4) is 0 Å². The first-order chi connectivity index (χ1) is 22.1. The normalized spacial score (nSPS) is 19.6. The van der Waals surface area contributed by atoms with Gasteiger partial charge in [-0.15, -0.1) is 0 Å². The van der Waals surface area contributed by atoms with Crippen LogP contribution in [0, 0.1) is 23.7 Å². The van der Waals surface area contributed by atoms with Gasteiger partial charge in [0, 0.05) is 0 Å². The maximum atomic E-state index is 14.1. The summed E-state index contributed by atoms with van der Waals surface area (Å²) >= 11 is 0. The molecule has 0 aromatic heterocycles. The number of rotatable bonds is 16. The quantitative estimate of drug-likeness (QED) is 0.181. The second-order valence-corrected chi connectivity index (χ2v) is 18.5. The summed E-state index contributed by atoms with van der Waals surface area (Å²) in [6.45, 7) is 8.90. The van der Waals surface area contributed by atoms with Gasteiger partial charge in [0.25, 0.3) is 0 Å². The summed E-state index contributed by atoms with van der Waals surface area (Å²) in [6.07, 6.45) is 6.97. The topological polar surface area (TPSA) is 133 Å². The summed E-state index contributed by atoms with van der Waals surface area (Å²) < 4.78 is 25.8. The number of hydrogen-bond acceptors (Lipinski definition) is 6. The largest absolute Gasteiger partial charge is 0.390 e. The lowest BCUT2D eigenvalue weighted by molar-refractivity contribution is -0.132. The zero-order valence-electron chi connectivity index (χ0n) is 29.1. The average Bonchev–Trinajstić information content (AvgIpc) is 3.83. The molecule has 5 atom stereocenters. The standard InChI is InChI=1S/C38H58N2O6S/c1-25(2)19-34(41)35(42)32(22-26-11-7-6-8-12-26)39-37(44)33(23-27-15-16-27)40-36(43)31(24-47(45,46)38(3,4)5)21-28-17-18-29-13-9-10-14-30(29)20-28/h9-10,13-14,17-18,20,25-27,31-35,41-42H,6-8,11-12,15-16,19,21-24H2,1-5H3,(H,39,44)(H,40,43)/t31-,32+,33+,34+,35-/m1/s1. The molecule has 2 fully saturated rings. The van der Waals surface area contributed by atoms with Crippen molar-refractivity contribution in [3.05, 3.63) is 48.0 Å². The highest BCUT2D eigenvalue weighted by molar-refractivity contribution is 7.92. The molecule has 2 aliphatic rings. The molecule has 2 amide bonds. The van der Waals surface area contributed by atoms with E-state index in [1.165, 1.54) is 6.42 Å². The number of nitrogens with one attached hydrogen (secondary N) is 2. The molecule has 262 valence electrons. The van der Waals surface area contributed by atoms with Gasteiger partial charge < -0.3 is 20.8 Å². The maximum absolute atomic E-state index is 14.1. The fourth-order valence-electron chi connectivity index (χ4n) is 6.84. The van der Waals surface area contributed by atoms with Crippen LogP contribution in [-0.4, -0.2) is 65.2 Å². The third kappa shape index (κ3) is 11.0. The molecule has 0 aliphatic heterocycles. The first-order valence-electron chi connectivity index (χ1n) is 17.8. The van der Waals surface area contributed by atoms with Crippen LogP contribution in [-0.2, 0) is 25.8 Å². The minimum atomic E-state index is -3.66. The molecule has 2 aromatic rings. The fourth-order valence-corrected chi connectivity index (χ4v) is 8.14. The van der Waals surface area contributed by atoms with E-state index in [0.29, 0.717) is 31.1 Å². The molecule has 0 bridgehead atoms. The summed E-state index contributed by atoms with van der Waals surface area (Å²) in [5.74, 6) is -1.25. The second-order valence-electron chi connectivity index (χ2n) is 15.8. The van der Waals surface area contributed by atoms with E-state index in [1.807, 2.05) is 56.3 Å². The Balaban J connectivity index is 1.56. The van der Waals surface area contributed by atoms with Crippen LogP contribution >= 0.6 is 0 Å². The van der Waals surface area contributed by atoms with Gasteiger partial charge >= 0.3 is 0 Å². The van der Waals surface area contributed by atoms with Crippen LogP contribution < -0.4 is 10.6 Å². The third-order valence-corrected chi connectivity index (χ3v) is 12.8. The molecule has 0 radical (unpaired) electrons. The van der Waals surface area contributed by atoms with Crippen LogP contribution in [0.15, 0.2) is 42.5 Å². The van der Waals surface area contributed by atoms with Crippen LogP contribution in [0.5, 0.6) is 0 Å². The molecule has 9 heteroatoms. The number of carbonyl (C=O) groups excluding carboxylic acids is 2. The summed E-state index contributed by atoms with van der Waals surface area (Å²) in [6, 6.07) is 12.3. The maximum Gasteiger partial charge on any atom is 0.242 e. The van der Waals surface area contributed by atoms with Crippen molar-refractivity contribution in [3.63, 3.8) is 0 Å². The predicted molar refractivity (Wildman–Crippen MR) is 189 cm³/mol. The molecule has 0 saturated heterocycles. The van der Waals surface area contributed by atoms with E-state index in [2.05, 4.69) is 10.6 Å². The predicted octanol–water partition coefficient (Wildman–Crippen LogP) is 5.72. The minimum Gasteiger partial charge on any atom is -0.390 e. The molecular formula is C38H58N2O6S. The van der Waals surface area contributed by atoms with Crippen molar-refractivity contribution in [2.24, 2.45) is 23.7 Å². The van der Waals surface area contributed by atoms with Crippen LogP contribution in [0.2, 0.25) is 0 Å². The SMILES string of the molecule is CC(C)C[C@H](O)[C@H](O)[C@H](CC1CCCCC1)NC(=O)[C@H](CC1CC1)NC(=O)[C@H](Cc1ccc2ccccc2c1)CS(=O)(=O)C(C)(C)C. The van der Waals surface area contributed by atoms with E-state index in [-0.39, 0.29) is 24.0 Å². The number of aliphatic hydroxyl groups excluding tert-OH is 2. The zero-order chi connectivity index (χ0) is 34.4. The lowest BCUT2D eigenvalue weighted by atomic mass is 9.82. The van der Waals surface area contributed by atoms with E-state index in [1.54, 1.807) is 20.8 Å². The number of amides is 2. The molecule has 0 heterocycles. The van der Waals surface area contributed by atoms with Crippen LogP contribution in [0.1, 0.15) is 104 Å². The van der Waals surface area contributed by atoms with E-state index in [4.69, 9.17) is 0 Å². The van der Waals surface area contributed by atoms with Gasteiger partial charge in [0.2, 0.25) is 11.8 Å². The van der Waals surface area contributed by atoms with Gasteiger partial charge in [0.05, 0.1) is 28.6 Å². The number of aliphatic hydroxyl groups is 2. The Kier molecular flexibility index (Phi) is 12.9. The summed E-state index contributed by atoms with van der Waals surface area (Å²) in [5, 5.41) is 30.2. The van der Waals surface area contributed by atoms with Gasteiger partial charge in [-0.3, -0.25) is 9.59 Å². The molecule has 0 spiro atoms. The summed E-state index contributed by atoms with van der Waals surface area (Å²) in [7, 11) is -3.66. The Morgan fingerprint density at radius 2 is 1.49 bits per heavy atom. The Bertz CT molecular complexity index is 1440. The number of sulfone groups is 1. The highest BCUT2D eigenvalue weighted by Crippen LogP contribution is 2.34. The number of carbonyl (C=O) groups is 2. The van der Waals surface area contributed by atoms with Crippen molar-refractivity contribution in [2.45, 2.75) is 134 Å². The fraction of sp³-hybridized carbons (Fsp3) is 0.684. The third-order valence-electron chi connectivity index (χ3n) is 10.1. The van der Waals surface area contributed by atoms with Crippen LogP contribution in [0.4, 0.5) is 0 Å². The van der Waals surface area contributed by atoms with Gasteiger partial charge in [0.15, 0.2) is 9.84 Å². The molecule has 4 rings (SSSR count). The van der Waals surface area contributed by atoms with Crippen molar-refractivity contribution in [1.29, 1.82) is 0 Å². The van der Waals surface area contributed by atoms with Gasteiger partial charge in [-0.2, -0.15) is 0 Å². The smallest absolute Gasteiger partial charge is 0.242 e. The van der Waals surface area contributed by atoms with Gasteiger partial charge in [-0.25, -0.2) is 8.42 Å². The summed E-state index contributed by atoms with van der Waals surface area (Å²) in [5.41, 5.74) is 0.853. The van der Waals surface area contributed by atoms with Gasteiger partial charge in [-0.05, 0) is 80.5 Å². The molecule has 0 unspecified atom stereocenters. The van der Waals surface area contributed by atoms with Crippen LogP contribution in [0.25, 0.3) is 10.8 Å². The lowest BCUT2D eigenvalue weighted by Gasteiger charge is -2.34. The Morgan fingerprint density at radius 1 is 0.851 bits per heavy atom. The molecule has 2 saturated carbocycles. The molecule has 2 aromatic carbocycles. The number of fused-ring (bicyclic) bond motifs is 1. The average molecular weight is 671 g/mol. The molecule has 4 N–H and O–H groups in total. The van der Waals surface area contributed by atoms with E-state index in [0.717, 1.165) is 54.9 Å². The van der Waals surface area contributed by atoms with Gasteiger partial charge in [-0.1, -0.05) is 101 Å². The Hall–Kier alpha value is -2.49. The molecule has 8 nitrogen and oxygen atoms in total. The molecular weight excluding hydrogens is 612 g/mol. The number of hydrogen-bond donors (Lipinski definition) is 4. The first-order valence-corrected chi connectivity index (χ1v) is 19.4. The van der Waals surface area contributed by atoms with Crippen molar-refractivity contribution in [2.75, 3.05) is 5.75 Å². The van der Waals surface area contributed by atoms with Crippen molar-refractivity contribution < 1.29 is 28.2 Å². The monoisotopic (exact) mass is 670 g/mol. The van der Waals surface area contributed by atoms with Gasteiger partial charge in [0.1, 0.15) is 12.1 Å². The second kappa shape index (κ2) is 16.3. The zero-order valence-corrected chi connectivity index (χ0v) is 29.9. The minimum absolute atomic E-state index is 0.177. The van der Waals surface area contributed by atoms with Crippen molar-refractivity contribution in [1.82, 2.24) is 10.6 Å². The molecule has 47 heavy (non-hydrogen) atoms. The summed E-state index contributed by atoms with van der Waals surface area (Å²) in [4.78, 5) is 28.0. The van der Waals surface area contributed by atoms with E-state index < -0.39 is 50.7 Å². The molecule has 2 aliphatic carbocycles. The number of benzene rings is 2. The van der Waals surface area contributed by atoms with Crippen molar-refractivity contribution >= 4 is 32.4 Å². The lowest BCUT2D eigenvalue weighted by Crippen LogP contribution is -2.56. The first kappa shape index (κ1) is 37.3. The Morgan fingerprint density at radius 3 is 2.11 bits per heavy atom. The van der Waals surface area contributed by atoms with E-state index in [9.17, 15) is 28.2 Å². The van der Waals surface area contributed by atoms with E-state index >= 15 is 0 Å². The Labute approximate surface area is 282 Å². The highest BCUT2D eigenvalue weighted by Gasteiger charge is 2.38.